The highest BCUT2D eigenvalue weighted by Gasteiger charge is 2.38. The molecule has 0 aromatic heterocycles. The number of hydrogen-bond acceptors (Lipinski definition) is 2. The van der Waals surface area contributed by atoms with Gasteiger partial charge in [-0.25, -0.2) is 0 Å². The maximum Gasteiger partial charge on any atom is 0.0667 e. The molecule has 0 saturated heterocycles. The van der Waals surface area contributed by atoms with Gasteiger partial charge in [-0.3, -0.25) is 0 Å². The zero-order valence-electron chi connectivity index (χ0n) is 11.6. The van der Waals surface area contributed by atoms with E-state index in [-0.39, 0.29) is 11.5 Å². The molecular formula is C15H22ClNO. The van der Waals surface area contributed by atoms with Crippen LogP contribution in [0, 0.1) is 5.41 Å². The van der Waals surface area contributed by atoms with Gasteiger partial charge in [-0.1, -0.05) is 31.5 Å². The monoisotopic (exact) mass is 267 g/mol. The summed E-state index contributed by atoms with van der Waals surface area (Å²) in [5.41, 5.74) is 2.98. The fraction of sp³-hybridized carbons (Fsp3) is 0.600. The number of halogens is 1. The third-order valence-electron chi connectivity index (χ3n) is 3.86. The van der Waals surface area contributed by atoms with Crippen LogP contribution in [0.15, 0.2) is 18.2 Å². The molecule has 2 rings (SSSR count). The zero-order valence-corrected chi connectivity index (χ0v) is 12.3. The average molecular weight is 268 g/mol. The zero-order chi connectivity index (χ0) is 13.3. The Bertz CT molecular complexity index is 431. The quantitative estimate of drug-likeness (QED) is 0.900. The van der Waals surface area contributed by atoms with Crippen LogP contribution >= 0.6 is 11.6 Å². The smallest absolute Gasteiger partial charge is 0.0667 e. The Morgan fingerprint density at radius 1 is 1.50 bits per heavy atom. The molecule has 1 aliphatic carbocycles. The molecular weight excluding hydrogens is 246 g/mol. The van der Waals surface area contributed by atoms with Crippen molar-refractivity contribution in [2.24, 2.45) is 5.41 Å². The van der Waals surface area contributed by atoms with Gasteiger partial charge in [0.25, 0.3) is 0 Å². The van der Waals surface area contributed by atoms with Gasteiger partial charge in [-0.15, -0.1) is 0 Å². The lowest BCUT2D eigenvalue weighted by atomic mass is 9.85. The minimum atomic E-state index is 0.223. The molecule has 2 atom stereocenters. The Morgan fingerprint density at radius 3 is 2.89 bits per heavy atom. The van der Waals surface area contributed by atoms with Crippen molar-refractivity contribution in [2.75, 3.05) is 13.7 Å². The maximum absolute atomic E-state index is 6.12. The van der Waals surface area contributed by atoms with Gasteiger partial charge in [0.05, 0.1) is 6.10 Å². The van der Waals surface area contributed by atoms with Crippen molar-refractivity contribution in [3.8, 4) is 0 Å². The van der Waals surface area contributed by atoms with Crippen LogP contribution in [0.3, 0.4) is 0 Å². The Kier molecular flexibility index (Phi) is 4.00. The summed E-state index contributed by atoms with van der Waals surface area (Å²) >= 11 is 6.12. The van der Waals surface area contributed by atoms with E-state index >= 15 is 0 Å². The topological polar surface area (TPSA) is 21.3 Å². The predicted molar refractivity (Wildman–Crippen MR) is 76.2 cm³/mol. The molecule has 1 N–H and O–H groups in total. The van der Waals surface area contributed by atoms with Crippen LogP contribution in [0.1, 0.15) is 37.9 Å². The first-order valence-electron chi connectivity index (χ1n) is 6.48. The third-order valence-corrected chi connectivity index (χ3v) is 4.09. The van der Waals surface area contributed by atoms with Crippen LogP contribution < -0.4 is 5.32 Å². The summed E-state index contributed by atoms with van der Waals surface area (Å²) in [4.78, 5) is 0. The van der Waals surface area contributed by atoms with Gasteiger partial charge in [-0.05, 0) is 42.0 Å². The second kappa shape index (κ2) is 5.20. The van der Waals surface area contributed by atoms with Gasteiger partial charge >= 0.3 is 0 Å². The molecule has 0 heterocycles. The number of rotatable bonds is 4. The van der Waals surface area contributed by atoms with Gasteiger partial charge in [0.15, 0.2) is 0 Å². The Hall–Kier alpha value is -0.570. The SMILES string of the molecule is COC(C)CNC1c2cc(Cl)ccc2CC1(C)C. The summed E-state index contributed by atoms with van der Waals surface area (Å²) in [5, 5.41) is 4.44. The van der Waals surface area contributed by atoms with E-state index in [2.05, 4.69) is 38.2 Å². The van der Waals surface area contributed by atoms with Gasteiger partial charge in [0.1, 0.15) is 0 Å². The fourth-order valence-electron chi connectivity index (χ4n) is 2.76. The molecule has 0 radical (unpaired) electrons. The summed E-state index contributed by atoms with van der Waals surface area (Å²) in [6.45, 7) is 7.54. The molecule has 0 spiro atoms. The molecule has 2 nitrogen and oxygen atoms in total. The number of nitrogens with one attached hydrogen (secondary N) is 1. The van der Waals surface area contributed by atoms with Crippen LogP contribution in [0.5, 0.6) is 0 Å². The first-order valence-corrected chi connectivity index (χ1v) is 6.86. The molecule has 1 aliphatic rings. The van der Waals surface area contributed by atoms with E-state index in [1.54, 1.807) is 7.11 Å². The van der Waals surface area contributed by atoms with E-state index in [1.165, 1.54) is 11.1 Å². The van der Waals surface area contributed by atoms with Crippen molar-refractivity contribution in [1.29, 1.82) is 0 Å². The molecule has 18 heavy (non-hydrogen) atoms. The highest BCUT2D eigenvalue weighted by molar-refractivity contribution is 6.30. The average Bonchev–Trinajstić information content (AvgIpc) is 2.56. The highest BCUT2D eigenvalue weighted by Crippen LogP contribution is 2.45. The molecule has 0 aliphatic heterocycles. The second-order valence-electron chi connectivity index (χ2n) is 5.90. The number of benzene rings is 1. The van der Waals surface area contributed by atoms with E-state index in [4.69, 9.17) is 16.3 Å². The molecule has 3 heteroatoms. The van der Waals surface area contributed by atoms with Gasteiger partial charge in [-0.2, -0.15) is 0 Å². The van der Waals surface area contributed by atoms with Crippen LogP contribution in [0.25, 0.3) is 0 Å². The number of methoxy groups -OCH3 is 1. The van der Waals surface area contributed by atoms with Crippen molar-refractivity contribution in [3.63, 3.8) is 0 Å². The lowest BCUT2D eigenvalue weighted by molar-refractivity contribution is 0.107. The fourth-order valence-corrected chi connectivity index (χ4v) is 2.94. The van der Waals surface area contributed by atoms with Gasteiger partial charge in [0, 0.05) is 24.7 Å². The van der Waals surface area contributed by atoms with E-state index in [0.29, 0.717) is 6.04 Å². The Balaban J connectivity index is 2.20. The third kappa shape index (κ3) is 2.71. The summed E-state index contributed by atoms with van der Waals surface area (Å²) in [5.74, 6) is 0. The largest absolute Gasteiger partial charge is 0.380 e. The molecule has 0 fully saturated rings. The molecule has 1 aromatic carbocycles. The summed E-state index contributed by atoms with van der Waals surface area (Å²) < 4.78 is 5.30. The van der Waals surface area contributed by atoms with Crippen LogP contribution in [0.2, 0.25) is 5.02 Å². The number of ether oxygens (including phenoxy) is 1. The molecule has 0 bridgehead atoms. The number of hydrogen-bond donors (Lipinski definition) is 1. The van der Waals surface area contributed by atoms with Gasteiger partial charge in [0.2, 0.25) is 0 Å². The van der Waals surface area contributed by atoms with E-state index in [9.17, 15) is 0 Å². The molecule has 2 unspecified atom stereocenters. The van der Waals surface area contributed by atoms with E-state index in [0.717, 1.165) is 18.0 Å². The Labute approximate surface area is 115 Å². The molecule has 0 saturated carbocycles. The molecule has 1 aromatic rings. The van der Waals surface area contributed by atoms with Crippen LogP contribution in [-0.4, -0.2) is 19.8 Å². The lowest BCUT2D eigenvalue weighted by Gasteiger charge is -2.29. The normalized spacial score (nSPS) is 22.8. The molecule has 0 amide bonds. The summed E-state index contributed by atoms with van der Waals surface area (Å²) in [6, 6.07) is 6.59. The van der Waals surface area contributed by atoms with E-state index < -0.39 is 0 Å². The van der Waals surface area contributed by atoms with Crippen molar-refractivity contribution < 1.29 is 4.74 Å². The van der Waals surface area contributed by atoms with Gasteiger partial charge < -0.3 is 10.1 Å². The van der Waals surface area contributed by atoms with Crippen molar-refractivity contribution in [1.82, 2.24) is 5.32 Å². The highest BCUT2D eigenvalue weighted by atomic mass is 35.5. The lowest BCUT2D eigenvalue weighted by Crippen LogP contribution is -2.35. The van der Waals surface area contributed by atoms with Crippen LogP contribution in [-0.2, 0) is 11.2 Å². The summed E-state index contributed by atoms with van der Waals surface area (Å²) in [6.07, 6.45) is 1.32. The van der Waals surface area contributed by atoms with E-state index in [1.807, 2.05) is 6.07 Å². The van der Waals surface area contributed by atoms with Crippen molar-refractivity contribution in [3.05, 3.63) is 34.3 Å². The van der Waals surface area contributed by atoms with Crippen LogP contribution in [0.4, 0.5) is 0 Å². The Morgan fingerprint density at radius 2 is 2.22 bits per heavy atom. The summed E-state index contributed by atoms with van der Waals surface area (Å²) in [7, 11) is 1.75. The first kappa shape index (κ1) is 13.9. The second-order valence-corrected chi connectivity index (χ2v) is 6.33. The number of fused-ring (bicyclic) bond motifs is 1. The van der Waals surface area contributed by atoms with Crippen molar-refractivity contribution in [2.45, 2.75) is 39.3 Å². The predicted octanol–water partition coefficient (Wildman–Crippen LogP) is 3.59. The standard InChI is InChI=1S/C15H22ClNO/c1-10(18-4)9-17-14-13-7-12(16)6-5-11(13)8-15(14,2)3/h5-7,10,14,17H,8-9H2,1-4H3. The maximum atomic E-state index is 6.12. The minimum absolute atomic E-state index is 0.223. The first-order chi connectivity index (χ1) is 8.44. The van der Waals surface area contributed by atoms with Crippen molar-refractivity contribution >= 4 is 11.6 Å². The minimum Gasteiger partial charge on any atom is -0.380 e. The molecule has 100 valence electrons.